The molecule has 2 aliphatic heterocycles. The third kappa shape index (κ3) is 52.9. The number of carbonyl (C=O) groups is 23. The van der Waals surface area contributed by atoms with Crippen molar-refractivity contribution in [1.29, 1.82) is 21.6 Å². The largest absolute Gasteiger partial charge is 0.481 e. The quantitative estimate of drug-likeness (QED) is 0.0127. The molecule has 1 saturated heterocycles. The van der Waals surface area contributed by atoms with Crippen LogP contribution < -0.4 is 86.7 Å². The first kappa shape index (κ1) is 124. The molecule has 0 spiro atoms. The fourth-order valence-electron chi connectivity index (χ4n) is 15.3. The summed E-state index contributed by atoms with van der Waals surface area (Å²) in [6.07, 6.45) is -5.98. The number of hydrogen-bond donors (Lipinski definition) is 25. The van der Waals surface area contributed by atoms with Crippen LogP contribution in [0.3, 0.4) is 0 Å². The molecule has 52 heteroatoms. The second-order valence-corrected chi connectivity index (χ2v) is 36.1. The van der Waals surface area contributed by atoms with E-state index in [1.54, 1.807) is 27.0 Å². The number of imide groups is 1. The van der Waals surface area contributed by atoms with Crippen molar-refractivity contribution in [1.82, 2.24) is 73.6 Å². The molecular weight excluding hydrogens is 1870 g/mol. The lowest BCUT2D eigenvalue weighted by atomic mass is 9.89. The van der Waals surface area contributed by atoms with Crippen molar-refractivity contribution < 1.29 is 141 Å². The number of nitrogens with two attached hydrogens (primary N) is 4. The molecule has 0 aromatic rings. The number of nitrogens with one attached hydrogen (secondary N) is 16. The Labute approximate surface area is 819 Å². The summed E-state index contributed by atoms with van der Waals surface area (Å²) in [5.74, 6) is -29.2. The lowest BCUT2D eigenvalue weighted by Crippen LogP contribution is -2.52. The summed E-state index contributed by atoms with van der Waals surface area (Å²) in [6, 6.07) is -10.1. The zero-order valence-electron chi connectivity index (χ0n) is 80.4. The van der Waals surface area contributed by atoms with E-state index in [0.717, 1.165) is 12.2 Å². The van der Waals surface area contributed by atoms with Crippen molar-refractivity contribution >= 4 is 171 Å². The highest BCUT2D eigenvalue weighted by atomic mass is 32.2. The van der Waals surface area contributed by atoms with Crippen LogP contribution in [-0.2, 0) is 115 Å². The number of ketones is 7. The van der Waals surface area contributed by atoms with Crippen LogP contribution in [0, 0.1) is 57.1 Å². The van der Waals surface area contributed by atoms with Gasteiger partial charge in [-0.2, -0.15) is 11.8 Å². The molecule has 29 N–H and O–H groups in total. The summed E-state index contributed by atoms with van der Waals surface area (Å²) in [5, 5.41) is 109. The fraction of sp³-hybridized carbons (Fsp3) is 0.674. The summed E-state index contributed by atoms with van der Waals surface area (Å²) >= 11 is 1.19. The zero-order chi connectivity index (χ0) is 106. The number of hydrogen-bond acceptors (Lipinski definition) is 29. The Hall–Kier alpha value is -13.5. The Morgan fingerprint density at radius 1 is 0.418 bits per heavy atom. The van der Waals surface area contributed by atoms with Crippen LogP contribution in [0.15, 0.2) is 12.2 Å². The Bertz CT molecular complexity index is 4420. The molecule has 2 heterocycles. The van der Waals surface area contributed by atoms with Gasteiger partial charge >= 0.3 is 29.8 Å². The summed E-state index contributed by atoms with van der Waals surface area (Å²) < 4.78 is 5.61. The molecule has 11 amide bonds. The highest BCUT2D eigenvalue weighted by Gasteiger charge is 2.40. The Morgan fingerprint density at radius 3 is 1.26 bits per heavy atom. The summed E-state index contributed by atoms with van der Waals surface area (Å²) in [7, 11) is 0. The minimum Gasteiger partial charge on any atom is -0.481 e. The number of carboxylic acids is 5. The molecule has 0 aromatic carbocycles. The number of amides is 11. The van der Waals surface area contributed by atoms with Gasteiger partial charge in [0.2, 0.25) is 53.2 Å². The molecule has 13 atom stereocenters. The molecule has 2 aliphatic rings. The maximum Gasteiger partial charge on any atom is 0.303 e. The minimum atomic E-state index is -1.85. The highest BCUT2D eigenvalue weighted by molar-refractivity contribution is 7.98. The Morgan fingerprint density at radius 2 is 0.809 bits per heavy atom. The highest BCUT2D eigenvalue weighted by Crippen LogP contribution is 2.25. The number of guanidine groups is 4. The van der Waals surface area contributed by atoms with E-state index in [1.807, 2.05) is 0 Å². The number of ether oxygens (including phenoxy) is 1. The fourth-order valence-corrected chi connectivity index (χ4v) is 15.9. The average molecular weight is 2020 g/mol. The lowest BCUT2D eigenvalue weighted by Gasteiger charge is -2.27. The van der Waals surface area contributed by atoms with Gasteiger partial charge in [0.15, 0.2) is 64.3 Å². The van der Waals surface area contributed by atoms with Gasteiger partial charge in [0.25, 0.3) is 11.8 Å². The van der Waals surface area contributed by atoms with E-state index < -0.39 is 342 Å². The summed E-state index contributed by atoms with van der Waals surface area (Å²) in [4.78, 5) is 307. The average Bonchev–Trinajstić information content (AvgIpc) is 1.08. The number of rotatable bonds is 78. The number of nitrogens with zero attached hydrogens (tertiary/aromatic N) is 2. The second kappa shape index (κ2) is 67.0. The van der Waals surface area contributed by atoms with Crippen molar-refractivity contribution in [2.24, 2.45) is 58.4 Å². The van der Waals surface area contributed by atoms with Gasteiger partial charge in [-0.3, -0.25) is 137 Å². The van der Waals surface area contributed by atoms with Crippen molar-refractivity contribution in [3.05, 3.63) is 12.2 Å². The molecule has 51 nitrogen and oxygen atoms in total. The van der Waals surface area contributed by atoms with E-state index in [1.165, 1.54) is 23.6 Å². The second-order valence-electron chi connectivity index (χ2n) is 35.1. The summed E-state index contributed by atoms with van der Waals surface area (Å²) in [5.41, 5.74) is 21.9. The topological polar surface area (TPSA) is 853 Å². The number of thioether (sulfide) groups is 1. The SMILES string of the molecule is CSC[C@H](NC(=O)CCC(=O)[C@H](CC(C)C)NC(=O)[C@@H]1CCCN1C(=O)COCCCC(=O)[C@@H](CCC(=O)O)NC(=O)[C@@H](CCC(=O)O)CC(=O)[C@@H](CCC(=O)O)NC(=O)[C@@H](CCC(=O)O)CC(=O)[C@@H](CCC(=O)O)NC(=O)CCN1C(=O)C=CC1=O)C(=O)C[C@@H](C)C(=O)NCC(=O)C[C@H](CCCNC(=N)N)C(=O)N[C@H](CCCNC(=N)N)C(=O)C[C@H](CCCNC(=N)N)C(=O)N[C@@H](C)CCCNC(=N)N. The van der Waals surface area contributed by atoms with E-state index >= 15 is 0 Å². The molecule has 788 valence electrons. The number of Topliss-reactive ketones (excluding diaryl/α,β-unsaturated/α-hetero) is 7. The predicted octanol–water partition coefficient (Wildman–Crippen LogP) is -2.78. The van der Waals surface area contributed by atoms with Gasteiger partial charge in [0.05, 0.1) is 42.8 Å². The lowest BCUT2D eigenvalue weighted by molar-refractivity contribution is -0.142. The normalized spacial score (nSPS) is 15.2. The predicted molar refractivity (Wildman–Crippen MR) is 507 cm³/mol. The minimum absolute atomic E-state index is 0.00331. The first-order valence-electron chi connectivity index (χ1n) is 46.8. The van der Waals surface area contributed by atoms with Gasteiger partial charge in [0.1, 0.15) is 12.6 Å². The van der Waals surface area contributed by atoms with Crippen LogP contribution in [0.4, 0.5) is 0 Å². The molecule has 0 bridgehead atoms. The molecule has 1 fully saturated rings. The van der Waals surface area contributed by atoms with Crippen LogP contribution in [0.5, 0.6) is 0 Å². The van der Waals surface area contributed by atoms with Crippen LogP contribution in [0.1, 0.15) is 227 Å². The van der Waals surface area contributed by atoms with Crippen molar-refractivity contribution in [3.8, 4) is 0 Å². The maximum absolute atomic E-state index is 14.4. The number of carbonyl (C=O) groups excluding carboxylic acids is 18. The molecule has 0 unspecified atom stereocenters. The van der Waals surface area contributed by atoms with Gasteiger partial charge < -0.3 is 122 Å². The van der Waals surface area contributed by atoms with E-state index in [2.05, 4.69) is 63.8 Å². The molecular formula is C89H142N22O29S. The van der Waals surface area contributed by atoms with Crippen LogP contribution >= 0.6 is 11.8 Å². The Balaban J connectivity index is 2.19. The van der Waals surface area contributed by atoms with Crippen molar-refractivity contribution in [3.63, 3.8) is 0 Å². The summed E-state index contributed by atoms with van der Waals surface area (Å²) in [6.45, 7) is 5.63. The Kier molecular flexibility index (Phi) is 58.7. The van der Waals surface area contributed by atoms with Crippen LogP contribution in [0.25, 0.3) is 0 Å². The van der Waals surface area contributed by atoms with E-state index in [0.29, 0.717) is 37.1 Å². The third-order valence-corrected chi connectivity index (χ3v) is 23.5. The third-order valence-electron chi connectivity index (χ3n) is 22.8. The van der Waals surface area contributed by atoms with E-state index in [-0.39, 0.29) is 132 Å². The number of likely N-dealkylation sites (tertiary alicyclic amines) is 1. The van der Waals surface area contributed by atoms with E-state index in [4.69, 9.17) is 49.3 Å². The van der Waals surface area contributed by atoms with Crippen molar-refractivity contribution in [2.75, 3.05) is 71.0 Å². The smallest absolute Gasteiger partial charge is 0.303 e. The van der Waals surface area contributed by atoms with Gasteiger partial charge in [0, 0.05) is 189 Å². The van der Waals surface area contributed by atoms with Gasteiger partial charge in [-0.25, -0.2) is 0 Å². The molecule has 0 saturated carbocycles. The monoisotopic (exact) mass is 2020 g/mol. The van der Waals surface area contributed by atoms with Gasteiger partial charge in [-0.15, -0.1) is 0 Å². The number of carboxylic acid groups (broad SMARTS) is 5. The van der Waals surface area contributed by atoms with Crippen LogP contribution in [0.2, 0.25) is 0 Å². The standard InChI is InChI=1S/C89H142N22O29S/c1-49(2)40-61(65(114)23-24-70(119)105-62(48-141-5)66(115)41-50(3)80(134)102-46-56(112)42-52(13-7-34-99-87(92)93)82(136)106-57(15-9-36-101-89(96)97)67(116)43-53(14-8-35-100-88(94)95)81(135)103-51(4)12-6-33-98-86(90)91)109-85(139)63-16-10-37-110(63)74(123)47-140-39-11-17-64(113)58(20-29-77(128)129)107-83(137)55(19-28-76(126)127)45-69(118)60(22-31-79(132)133)108-84(138)54(18-27-75(124)125)44-68(117)59(21-30-78(130)131)104-71(120)32-38-111-72(121)25-26-73(111)122/h25-26,49-55,57-63H,6-24,27-48H2,1-5H3,(H,102,134)(H,103,135)(H,104,120)(H,105,119)(H,106,136)(H,107,137)(H,108,138)(H,109,139)(H,124,125)(H,126,127)(H,128,129)(H,130,131)(H,132,133)(H4,90,91,98)(H4,92,93,99)(H4,94,95,100)(H4,96,97,101)/t50-,51+,52+,53+,54+,55+,57-,58-,59-,60-,61+,62+,63+/m1/s1. The molecule has 0 aromatic heterocycles. The first-order valence-corrected chi connectivity index (χ1v) is 48.2. The molecule has 0 aliphatic carbocycles. The maximum atomic E-state index is 14.4. The van der Waals surface area contributed by atoms with Crippen molar-refractivity contribution in [2.45, 2.75) is 275 Å². The van der Waals surface area contributed by atoms with Gasteiger partial charge in [-0.05, 0) is 128 Å². The van der Waals surface area contributed by atoms with Crippen LogP contribution in [-0.4, -0.2) is 314 Å². The van der Waals surface area contributed by atoms with E-state index in [9.17, 15) is 136 Å². The zero-order valence-corrected chi connectivity index (χ0v) is 81.2. The molecule has 0 radical (unpaired) electrons. The molecule has 141 heavy (non-hydrogen) atoms. The first-order chi connectivity index (χ1) is 66.4. The molecule has 2 rings (SSSR count). The van der Waals surface area contributed by atoms with Gasteiger partial charge in [-0.1, -0.05) is 20.8 Å². The number of aliphatic carboxylic acids is 5.